The lowest BCUT2D eigenvalue weighted by Gasteiger charge is -2.07. The molecule has 0 saturated heterocycles. The van der Waals surface area contributed by atoms with Crippen molar-refractivity contribution in [3.05, 3.63) is 78.4 Å². The number of nitrogens with two attached hydrogens (primary N) is 1. The number of hydrogen-bond donors (Lipinski definition) is 2. The first-order valence-electron chi connectivity index (χ1n) is 7.32. The van der Waals surface area contributed by atoms with Gasteiger partial charge in [-0.1, -0.05) is 49.1 Å². The first-order chi connectivity index (χ1) is 11.2. The molecule has 2 rings (SSSR count). The summed E-state index contributed by atoms with van der Waals surface area (Å²) in [5.74, 6) is 0.454. The number of ether oxygens (including phenoxy) is 1. The molecule has 4 heteroatoms. The van der Waals surface area contributed by atoms with Gasteiger partial charge in [-0.2, -0.15) is 0 Å². The molecule has 0 atom stereocenters. The summed E-state index contributed by atoms with van der Waals surface area (Å²) in [6, 6.07) is 15.1. The van der Waals surface area contributed by atoms with Crippen molar-refractivity contribution in [2.45, 2.75) is 6.54 Å². The summed E-state index contributed by atoms with van der Waals surface area (Å²) in [5, 5.41) is 2.83. The van der Waals surface area contributed by atoms with Crippen molar-refractivity contribution in [3.63, 3.8) is 0 Å². The van der Waals surface area contributed by atoms with Crippen molar-refractivity contribution in [3.8, 4) is 5.75 Å². The number of nitrogens with one attached hydrogen (secondary N) is 1. The summed E-state index contributed by atoms with van der Waals surface area (Å²) in [6.45, 7) is 4.49. The second-order valence-electron chi connectivity index (χ2n) is 4.93. The summed E-state index contributed by atoms with van der Waals surface area (Å²) in [5.41, 5.74) is 8.33. The summed E-state index contributed by atoms with van der Waals surface area (Å²) < 4.78 is 5.41. The molecule has 0 unspecified atom stereocenters. The molecular formula is C19H20N2O2. The largest absolute Gasteiger partial charge is 0.487 e. The van der Waals surface area contributed by atoms with Crippen molar-refractivity contribution in [1.29, 1.82) is 0 Å². The SMILES string of the molecule is C=CCOc1ccc(/C=C\C(=O)NCc2ccccc2)cc1N. The van der Waals surface area contributed by atoms with Gasteiger partial charge >= 0.3 is 0 Å². The van der Waals surface area contributed by atoms with Crippen LogP contribution in [0.1, 0.15) is 11.1 Å². The first kappa shape index (κ1) is 16.4. The highest BCUT2D eigenvalue weighted by Gasteiger charge is 2.01. The van der Waals surface area contributed by atoms with E-state index in [4.69, 9.17) is 10.5 Å². The quantitative estimate of drug-likeness (QED) is 0.469. The number of hydrogen-bond acceptors (Lipinski definition) is 3. The average Bonchev–Trinajstić information content (AvgIpc) is 2.58. The molecule has 0 aliphatic heterocycles. The molecule has 2 aromatic carbocycles. The summed E-state index contributed by atoms with van der Waals surface area (Å²) in [7, 11) is 0. The van der Waals surface area contributed by atoms with Gasteiger partial charge in [0.25, 0.3) is 0 Å². The highest BCUT2D eigenvalue weighted by molar-refractivity contribution is 5.91. The molecule has 0 aliphatic carbocycles. The highest BCUT2D eigenvalue weighted by atomic mass is 16.5. The van der Waals surface area contributed by atoms with Crippen LogP contribution < -0.4 is 15.8 Å². The fourth-order valence-electron chi connectivity index (χ4n) is 1.97. The van der Waals surface area contributed by atoms with Crippen molar-refractivity contribution in [1.82, 2.24) is 5.32 Å². The van der Waals surface area contributed by atoms with Gasteiger partial charge in [-0.3, -0.25) is 4.79 Å². The van der Waals surface area contributed by atoms with Crippen LogP contribution in [0.5, 0.6) is 5.75 Å². The van der Waals surface area contributed by atoms with Crippen molar-refractivity contribution in [2.75, 3.05) is 12.3 Å². The molecule has 0 spiro atoms. The third-order valence-electron chi connectivity index (χ3n) is 3.13. The molecular weight excluding hydrogens is 288 g/mol. The molecule has 2 aromatic rings. The average molecular weight is 308 g/mol. The van der Waals surface area contributed by atoms with E-state index in [1.165, 1.54) is 6.08 Å². The van der Waals surface area contributed by atoms with Crippen LogP contribution in [0, 0.1) is 0 Å². The van der Waals surface area contributed by atoms with Crippen molar-refractivity contribution < 1.29 is 9.53 Å². The third-order valence-corrected chi connectivity index (χ3v) is 3.13. The van der Waals surface area contributed by atoms with Gasteiger partial charge < -0.3 is 15.8 Å². The standard InChI is InChI=1S/C19H20N2O2/c1-2-12-23-18-10-8-15(13-17(18)20)9-11-19(22)21-14-16-6-4-3-5-7-16/h2-11,13H,1,12,14,20H2,(H,21,22)/b11-9-. The molecule has 0 aromatic heterocycles. The number of amides is 1. The van der Waals surface area contributed by atoms with Crippen LogP contribution >= 0.6 is 0 Å². The van der Waals surface area contributed by atoms with E-state index >= 15 is 0 Å². The lowest BCUT2D eigenvalue weighted by molar-refractivity contribution is -0.116. The molecule has 0 heterocycles. The Kier molecular flexibility index (Phi) is 6.00. The fourth-order valence-corrected chi connectivity index (χ4v) is 1.97. The highest BCUT2D eigenvalue weighted by Crippen LogP contribution is 2.23. The van der Waals surface area contributed by atoms with Crippen LogP contribution in [0.2, 0.25) is 0 Å². The number of anilines is 1. The van der Waals surface area contributed by atoms with Crippen molar-refractivity contribution >= 4 is 17.7 Å². The third kappa shape index (κ3) is 5.36. The van der Waals surface area contributed by atoms with Crippen LogP contribution in [-0.2, 0) is 11.3 Å². The summed E-state index contributed by atoms with van der Waals surface area (Å²) in [4.78, 5) is 11.8. The van der Waals surface area contributed by atoms with E-state index in [1.807, 2.05) is 36.4 Å². The molecule has 23 heavy (non-hydrogen) atoms. The smallest absolute Gasteiger partial charge is 0.244 e. The van der Waals surface area contributed by atoms with E-state index in [0.29, 0.717) is 24.6 Å². The Balaban J connectivity index is 1.90. The van der Waals surface area contributed by atoms with E-state index in [0.717, 1.165) is 11.1 Å². The maximum Gasteiger partial charge on any atom is 0.244 e. The zero-order valence-corrected chi connectivity index (χ0v) is 12.9. The Hall–Kier alpha value is -3.01. The van der Waals surface area contributed by atoms with Gasteiger partial charge in [0, 0.05) is 12.6 Å². The predicted molar refractivity (Wildman–Crippen MR) is 93.9 cm³/mol. The Bertz CT molecular complexity index is 694. The van der Waals surface area contributed by atoms with E-state index in [2.05, 4.69) is 11.9 Å². The van der Waals surface area contributed by atoms with Crippen LogP contribution in [0.4, 0.5) is 5.69 Å². The van der Waals surface area contributed by atoms with E-state index < -0.39 is 0 Å². The second kappa shape index (κ2) is 8.44. The van der Waals surface area contributed by atoms with E-state index in [-0.39, 0.29) is 5.91 Å². The monoisotopic (exact) mass is 308 g/mol. The van der Waals surface area contributed by atoms with Gasteiger partial charge in [0.2, 0.25) is 5.91 Å². The Morgan fingerprint density at radius 2 is 2.00 bits per heavy atom. The molecule has 0 bridgehead atoms. The van der Waals surface area contributed by atoms with Crippen LogP contribution in [0.3, 0.4) is 0 Å². The second-order valence-corrected chi connectivity index (χ2v) is 4.93. The van der Waals surface area contributed by atoms with Gasteiger partial charge in [-0.15, -0.1) is 0 Å². The fraction of sp³-hybridized carbons (Fsp3) is 0.105. The number of nitrogen functional groups attached to an aromatic ring is 1. The van der Waals surface area contributed by atoms with E-state index in [9.17, 15) is 4.79 Å². The van der Waals surface area contributed by atoms with Crippen LogP contribution in [0.15, 0.2) is 67.3 Å². The van der Waals surface area contributed by atoms with Gasteiger partial charge in [0.15, 0.2) is 0 Å². The lowest BCUT2D eigenvalue weighted by atomic mass is 10.1. The maximum atomic E-state index is 11.8. The van der Waals surface area contributed by atoms with Gasteiger partial charge in [0.1, 0.15) is 12.4 Å². The summed E-state index contributed by atoms with van der Waals surface area (Å²) in [6.07, 6.45) is 4.86. The maximum absolute atomic E-state index is 11.8. The molecule has 4 nitrogen and oxygen atoms in total. The molecule has 0 aliphatic rings. The van der Waals surface area contributed by atoms with Crippen molar-refractivity contribution in [2.24, 2.45) is 0 Å². The number of carbonyl (C=O) groups excluding carboxylic acids is 1. The number of rotatable bonds is 7. The number of carbonyl (C=O) groups is 1. The Labute approximate surface area is 136 Å². The topological polar surface area (TPSA) is 64.3 Å². The Morgan fingerprint density at radius 1 is 1.22 bits per heavy atom. The number of benzene rings is 2. The molecule has 0 radical (unpaired) electrons. The predicted octanol–water partition coefficient (Wildman–Crippen LogP) is 3.16. The van der Waals surface area contributed by atoms with Gasteiger partial charge in [0.05, 0.1) is 5.69 Å². The van der Waals surface area contributed by atoms with E-state index in [1.54, 1.807) is 24.3 Å². The van der Waals surface area contributed by atoms with Gasteiger partial charge in [-0.25, -0.2) is 0 Å². The zero-order chi connectivity index (χ0) is 16.5. The van der Waals surface area contributed by atoms with Crippen LogP contribution in [0.25, 0.3) is 6.08 Å². The lowest BCUT2D eigenvalue weighted by Crippen LogP contribution is -2.20. The summed E-state index contributed by atoms with van der Waals surface area (Å²) >= 11 is 0. The van der Waals surface area contributed by atoms with Crippen LogP contribution in [-0.4, -0.2) is 12.5 Å². The molecule has 3 N–H and O–H groups in total. The normalized spacial score (nSPS) is 10.4. The minimum absolute atomic E-state index is 0.153. The molecule has 0 fully saturated rings. The molecule has 0 saturated carbocycles. The molecule has 1 amide bonds. The first-order valence-corrected chi connectivity index (χ1v) is 7.32. The Morgan fingerprint density at radius 3 is 2.70 bits per heavy atom. The van der Waals surface area contributed by atoms with Gasteiger partial charge in [-0.05, 0) is 29.3 Å². The zero-order valence-electron chi connectivity index (χ0n) is 12.9. The minimum atomic E-state index is -0.153. The molecule has 118 valence electrons. The minimum Gasteiger partial charge on any atom is -0.487 e.